The van der Waals surface area contributed by atoms with E-state index in [-0.39, 0.29) is 12.1 Å². The Balaban J connectivity index is 2.33. The number of carbonyl (C=O) groups is 1. The largest absolute Gasteiger partial charge is 0.471 e. The Morgan fingerprint density at radius 3 is 2.50 bits per heavy atom. The lowest BCUT2D eigenvalue weighted by Gasteiger charge is -2.17. The number of amides is 2. The second-order valence-corrected chi connectivity index (χ2v) is 4.76. The van der Waals surface area contributed by atoms with Crippen LogP contribution in [0.25, 0.3) is 11.4 Å². The Hall–Kier alpha value is -2.72. The maximum absolute atomic E-state index is 14.1. The fraction of sp³-hybridized carbons (Fsp3) is 0.308. The number of hydrogen-bond acceptors (Lipinski definition) is 4. The number of aromatic nitrogens is 2. The van der Waals surface area contributed by atoms with E-state index in [2.05, 4.69) is 20.0 Å². The second kappa shape index (κ2) is 6.42. The summed E-state index contributed by atoms with van der Waals surface area (Å²) < 4.78 is 69.3. The van der Waals surface area contributed by atoms with Gasteiger partial charge in [-0.15, -0.1) is 0 Å². The Morgan fingerprint density at radius 1 is 1.29 bits per heavy atom. The van der Waals surface area contributed by atoms with Crippen LogP contribution in [0.4, 0.5) is 26.7 Å². The lowest BCUT2D eigenvalue weighted by atomic mass is 10.1. The van der Waals surface area contributed by atoms with Crippen LogP contribution in [0.1, 0.15) is 11.5 Å². The molecule has 1 heterocycles. The molecule has 1 aromatic heterocycles. The second-order valence-electron chi connectivity index (χ2n) is 4.76. The molecule has 1 N–H and O–H groups in total. The number of alkyl halides is 3. The van der Waals surface area contributed by atoms with Crippen LogP contribution in [-0.4, -0.2) is 35.2 Å². The molecule has 6 nitrogen and oxygen atoms in total. The van der Waals surface area contributed by atoms with E-state index in [0.717, 1.165) is 11.0 Å². The highest BCUT2D eigenvalue weighted by Crippen LogP contribution is 2.30. The number of nitrogens with one attached hydrogen (secondary N) is 1. The Bertz CT molecular complexity index is 759. The molecule has 0 bridgehead atoms. The summed E-state index contributed by atoms with van der Waals surface area (Å²) in [6.45, 7) is -0.247. The van der Waals surface area contributed by atoms with Gasteiger partial charge in [0.25, 0.3) is 0 Å². The molecule has 0 spiro atoms. The zero-order valence-corrected chi connectivity index (χ0v) is 12.4. The van der Waals surface area contributed by atoms with Crippen molar-refractivity contribution in [3.05, 3.63) is 35.2 Å². The number of nitrogens with zero attached hydrogens (tertiary/aromatic N) is 3. The average Bonchev–Trinajstić information content (AvgIpc) is 2.99. The minimum absolute atomic E-state index is 0.165. The van der Waals surface area contributed by atoms with E-state index in [4.69, 9.17) is 0 Å². The topological polar surface area (TPSA) is 71.3 Å². The molecule has 0 unspecified atom stereocenters. The van der Waals surface area contributed by atoms with Crippen molar-refractivity contribution >= 4 is 6.03 Å². The van der Waals surface area contributed by atoms with Gasteiger partial charge < -0.3 is 14.7 Å². The van der Waals surface area contributed by atoms with E-state index in [1.165, 1.54) is 14.1 Å². The number of carbonyl (C=O) groups excluding carboxylic acids is 1. The smallest absolute Gasteiger partial charge is 0.341 e. The minimum Gasteiger partial charge on any atom is -0.341 e. The fourth-order valence-corrected chi connectivity index (χ4v) is 1.85. The maximum Gasteiger partial charge on any atom is 0.471 e. The summed E-state index contributed by atoms with van der Waals surface area (Å²) in [5.41, 5.74) is -0.750. The van der Waals surface area contributed by atoms with Gasteiger partial charge in [0.15, 0.2) is 0 Å². The molecule has 0 fully saturated rings. The zero-order valence-electron chi connectivity index (χ0n) is 12.4. The Kier molecular flexibility index (Phi) is 4.71. The van der Waals surface area contributed by atoms with Gasteiger partial charge in [-0.2, -0.15) is 18.2 Å². The lowest BCUT2D eigenvalue weighted by molar-refractivity contribution is -0.159. The molecular formula is C13H11F5N4O2. The first-order valence-electron chi connectivity index (χ1n) is 6.45. The van der Waals surface area contributed by atoms with Gasteiger partial charge in [-0.05, 0) is 12.1 Å². The van der Waals surface area contributed by atoms with Crippen LogP contribution in [0.5, 0.6) is 0 Å². The van der Waals surface area contributed by atoms with Crippen LogP contribution in [0.2, 0.25) is 0 Å². The van der Waals surface area contributed by atoms with Crippen LogP contribution in [0, 0.1) is 11.6 Å². The van der Waals surface area contributed by atoms with E-state index in [0.29, 0.717) is 6.07 Å². The zero-order chi connectivity index (χ0) is 18.1. The van der Waals surface area contributed by atoms with E-state index in [9.17, 15) is 26.7 Å². The van der Waals surface area contributed by atoms with Crippen LogP contribution >= 0.6 is 0 Å². The van der Waals surface area contributed by atoms with E-state index in [1.54, 1.807) is 0 Å². The van der Waals surface area contributed by atoms with Crippen LogP contribution < -0.4 is 5.32 Å². The van der Waals surface area contributed by atoms with Gasteiger partial charge in [0.05, 0.1) is 12.1 Å². The summed E-state index contributed by atoms with van der Waals surface area (Å²) in [6, 6.07) is 0.882. The summed E-state index contributed by atoms with van der Waals surface area (Å²) in [5, 5.41) is 5.30. The first-order chi connectivity index (χ1) is 11.1. The van der Waals surface area contributed by atoms with Gasteiger partial charge in [-0.3, -0.25) is 0 Å². The highest BCUT2D eigenvalue weighted by atomic mass is 19.4. The fourth-order valence-electron chi connectivity index (χ4n) is 1.85. The predicted octanol–water partition coefficient (Wildman–Crippen LogP) is 2.80. The number of urea groups is 1. The van der Waals surface area contributed by atoms with Gasteiger partial charge in [-0.25, -0.2) is 13.6 Å². The van der Waals surface area contributed by atoms with Crippen LogP contribution in [0.15, 0.2) is 16.7 Å². The molecule has 0 aliphatic carbocycles. The standard InChI is InChI=1S/C13H11F5N4O2/c1-19-12(23)22(2)5-6-3-9(15)7(4-8(6)14)10-20-11(24-21-10)13(16,17)18/h3-4H,5H2,1-2H3,(H,19,23). The SMILES string of the molecule is CNC(=O)N(C)Cc1cc(F)c(-c2noc(C(F)(F)F)n2)cc1F. The summed E-state index contributed by atoms with van der Waals surface area (Å²) in [4.78, 5) is 15.4. The molecule has 11 heteroatoms. The van der Waals surface area contributed by atoms with Gasteiger partial charge in [-0.1, -0.05) is 5.16 Å². The van der Waals surface area contributed by atoms with Gasteiger partial charge >= 0.3 is 18.1 Å². The highest BCUT2D eigenvalue weighted by molar-refractivity contribution is 5.73. The number of hydrogen-bond donors (Lipinski definition) is 1. The first kappa shape index (κ1) is 17.6. The van der Waals surface area contributed by atoms with Crippen molar-refractivity contribution in [2.75, 3.05) is 14.1 Å². The lowest BCUT2D eigenvalue weighted by Crippen LogP contribution is -2.34. The Morgan fingerprint density at radius 2 is 1.96 bits per heavy atom. The minimum atomic E-state index is -4.89. The van der Waals surface area contributed by atoms with Gasteiger partial charge in [0.2, 0.25) is 5.82 Å². The van der Waals surface area contributed by atoms with Crippen molar-refractivity contribution in [2.24, 2.45) is 0 Å². The number of rotatable bonds is 3. The summed E-state index contributed by atoms with van der Waals surface area (Å²) >= 11 is 0. The highest BCUT2D eigenvalue weighted by Gasteiger charge is 2.38. The third-order valence-electron chi connectivity index (χ3n) is 3.01. The van der Waals surface area contributed by atoms with Crippen molar-refractivity contribution in [2.45, 2.75) is 12.7 Å². The molecule has 0 saturated heterocycles. The molecular weight excluding hydrogens is 339 g/mol. The Labute approximate surface area is 132 Å². The summed E-state index contributed by atoms with van der Waals surface area (Å²) in [6.07, 6.45) is -4.89. The molecule has 24 heavy (non-hydrogen) atoms. The molecule has 0 aliphatic rings. The van der Waals surface area contributed by atoms with E-state index >= 15 is 0 Å². The molecule has 130 valence electrons. The molecule has 0 atom stereocenters. The number of halogens is 5. The normalized spacial score (nSPS) is 11.5. The maximum atomic E-state index is 14.1. The third-order valence-corrected chi connectivity index (χ3v) is 3.01. The van der Waals surface area contributed by atoms with Crippen LogP contribution in [0.3, 0.4) is 0 Å². The van der Waals surface area contributed by atoms with Crippen molar-refractivity contribution in [3.63, 3.8) is 0 Å². The predicted molar refractivity (Wildman–Crippen MR) is 70.6 cm³/mol. The number of benzene rings is 1. The van der Waals surface area contributed by atoms with Crippen molar-refractivity contribution in [1.82, 2.24) is 20.4 Å². The average molecular weight is 350 g/mol. The molecule has 2 aromatic rings. The van der Waals surface area contributed by atoms with Crippen molar-refractivity contribution < 1.29 is 31.3 Å². The molecule has 0 aliphatic heterocycles. The molecule has 2 rings (SSSR count). The van der Waals surface area contributed by atoms with Gasteiger partial charge in [0.1, 0.15) is 11.6 Å². The van der Waals surface area contributed by atoms with Crippen molar-refractivity contribution in [1.29, 1.82) is 0 Å². The molecule has 2 amide bonds. The summed E-state index contributed by atoms with van der Waals surface area (Å²) in [7, 11) is 2.73. The monoisotopic (exact) mass is 350 g/mol. The molecule has 0 saturated carbocycles. The first-order valence-corrected chi connectivity index (χ1v) is 6.45. The molecule has 1 aromatic carbocycles. The van der Waals surface area contributed by atoms with Crippen LogP contribution in [-0.2, 0) is 12.7 Å². The van der Waals surface area contributed by atoms with E-state index in [1.807, 2.05) is 0 Å². The molecule has 0 radical (unpaired) electrons. The van der Waals surface area contributed by atoms with Gasteiger partial charge in [0, 0.05) is 19.7 Å². The third kappa shape index (κ3) is 3.60. The van der Waals surface area contributed by atoms with E-state index < -0.39 is 41.1 Å². The summed E-state index contributed by atoms with van der Waals surface area (Å²) in [5.74, 6) is -4.38. The van der Waals surface area contributed by atoms with Crippen molar-refractivity contribution in [3.8, 4) is 11.4 Å². The quantitative estimate of drug-likeness (QED) is 0.864.